The third-order valence-electron chi connectivity index (χ3n) is 13.4. The van der Waals surface area contributed by atoms with Gasteiger partial charge in [0.2, 0.25) is 0 Å². The van der Waals surface area contributed by atoms with Crippen LogP contribution < -0.4 is 0 Å². The van der Waals surface area contributed by atoms with E-state index < -0.39 is 0 Å². The Morgan fingerprint density at radius 2 is 0.788 bits per heavy atom. The van der Waals surface area contributed by atoms with Gasteiger partial charge in [0, 0.05) is 32.7 Å². The fourth-order valence-electron chi connectivity index (χ4n) is 10.2. The van der Waals surface area contributed by atoms with Crippen molar-refractivity contribution >= 4 is 86.8 Å². The number of para-hydroxylation sites is 1. The molecule has 0 N–H and O–H groups in total. The van der Waals surface area contributed by atoms with Crippen LogP contribution in [-0.4, -0.2) is 19.5 Å². The first-order chi connectivity index (χ1) is 32.7. The Kier molecular flexibility index (Phi) is 7.91. The minimum absolute atomic E-state index is 0.556. The second kappa shape index (κ2) is 14.3. The SMILES string of the molecule is c1ccc(-c2ccc(-c3nc(-c4ccc5ccccc5c4)nc(-c4c(-n5c6cc7ccccc7cc6c6cc7ccccc7cc65)c5oc6ccccc6c5c5ccccc45)n3)cc2)cc1. The van der Waals surface area contributed by atoms with Crippen molar-refractivity contribution in [2.45, 2.75) is 0 Å². The van der Waals surface area contributed by atoms with Crippen molar-refractivity contribution in [3.63, 3.8) is 0 Å². The summed E-state index contributed by atoms with van der Waals surface area (Å²) in [5.74, 6) is 1.73. The van der Waals surface area contributed by atoms with E-state index in [2.05, 4.69) is 211 Å². The molecule has 14 rings (SSSR count). The van der Waals surface area contributed by atoms with E-state index in [1.54, 1.807) is 0 Å². The minimum Gasteiger partial charge on any atom is -0.454 e. The van der Waals surface area contributed by atoms with Crippen LogP contribution in [0, 0.1) is 0 Å². The molecule has 14 aromatic rings. The van der Waals surface area contributed by atoms with Crippen molar-refractivity contribution in [2.75, 3.05) is 0 Å². The van der Waals surface area contributed by atoms with Crippen LogP contribution in [0.2, 0.25) is 0 Å². The lowest BCUT2D eigenvalue weighted by atomic mass is 9.96. The number of hydrogen-bond acceptors (Lipinski definition) is 4. The molecule has 5 nitrogen and oxygen atoms in total. The van der Waals surface area contributed by atoms with Gasteiger partial charge in [-0.1, -0.05) is 182 Å². The Bertz CT molecular complexity index is 4190. The highest BCUT2D eigenvalue weighted by molar-refractivity contribution is 6.27. The monoisotopic (exact) mass is 840 g/mol. The number of fused-ring (bicyclic) bond motifs is 11. The number of nitrogens with zero attached hydrogens (tertiary/aromatic N) is 4. The van der Waals surface area contributed by atoms with Gasteiger partial charge < -0.3 is 8.98 Å². The first-order valence-corrected chi connectivity index (χ1v) is 22.3. The average Bonchev–Trinajstić information content (AvgIpc) is 3.92. The van der Waals surface area contributed by atoms with E-state index in [1.807, 2.05) is 12.1 Å². The summed E-state index contributed by atoms with van der Waals surface area (Å²) in [7, 11) is 0. The molecule has 3 heterocycles. The molecule has 306 valence electrons. The van der Waals surface area contributed by atoms with Gasteiger partial charge in [0.25, 0.3) is 0 Å². The summed E-state index contributed by atoms with van der Waals surface area (Å²) in [5, 5.41) is 13.5. The molecule has 5 heteroatoms. The smallest absolute Gasteiger partial charge is 0.166 e. The van der Waals surface area contributed by atoms with E-state index in [1.165, 1.54) is 10.8 Å². The summed E-state index contributed by atoms with van der Waals surface area (Å²) in [4.78, 5) is 16.4. The van der Waals surface area contributed by atoms with E-state index in [4.69, 9.17) is 19.4 Å². The summed E-state index contributed by atoms with van der Waals surface area (Å²) in [6.45, 7) is 0. The maximum atomic E-state index is 7.19. The Morgan fingerprint density at radius 3 is 1.45 bits per heavy atom. The van der Waals surface area contributed by atoms with E-state index in [0.29, 0.717) is 17.5 Å². The van der Waals surface area contributed by atoms with Gasteiger partial charge in [-0.3, -0.25) is 0 Å². The molecule has 66 heavy (non-hydrogen) atoms. The zero-order chi connectivity index (χ0) is 43.3. The summed E-state index contributed by atoms with van der Waals surface area (Å²) in [6, 6.07) is 77.5. The summed E-state index contributed by atoms with van der Waals surface area (Å²) in [6.07, 6.45) is 0. The third-order valence-corrected chi connectivity index (χ3v) is 13.4. The summed E-state index contributed by atoms with van der Waals surface area (Å²) < 4.78 is 9.61. The van der Waals surface area contributed by atoms with Crippen LogP contribution in [0.5, 0.6) is 0 Å². The number of aromatic nitrogens is 4. The van der Waals surface area contributed by atoms with Crippen LogP contribution in [0.15, 0.2) is 223 Å². The number of furan rings is 1. The fourth-order valence-corrected chi connectivity index (χ4v) is 10.2. The first-order valence-electron chi connectivity index (χ1n) is 22.3. The summed E-state index contributed by atoms with van der Waals surface area (Å²) in [5.41, 5.74) is 9.55. The number of benzene rings is 11. The Hall–Kier alpha value is -8.93. The summed E-state index contributed by atoms with van der Waals surface area (Å²) >= 11 is 0. The Labute approximate surface area is 378 Å². The van der Waals surface area contributed by atoms with Crippen LogP contribution >= 0.6 is 0 Å². The Morgan fingerprint density at radius 1 is 0.318 bits per heavy atom. The van der Waals surface area contributed by atoms with Gasteiger partial charge >= 0.3 is 0 Å². The van der Waals surface area contributed by atoms with Gasteiger partial charge in [0.1, 0.15) is 11.3 Å². The topological polar surface area (TPSA) is 56.7 Å². The van der Waals surface area contributed by atoms with Crippen molar-refractivity contribution in [2.24, 2.45) is 0 Å². The molecule has 0 bridgehead atoms. The Balaban J connectivity index is 1.15. The van der Waals surface area contributed by atoms with Crippen LogP contribution in [0.3, 0.4) is 0 Å². The molecule has 0 atom stereocenters. The highest BCUT2D eigenvalue weighted by atomic mass is 16.3. The molecule has 0 aliphatic heterocycles. The van der Waals surface area contributed by atoms with E-state index in [0.717, 1.165) is 110 Å². The second-order valence-electron chi connectivity index (χ2n) is 17.2. The standard InChI is InChI=1S/C61H36N4O/c1-2-14-37(15-3-1)39-26-29-40(30-27-39)59-62-60(46-31-28-38-16-4-5-17-41(38)32-46)64-61(63-59)56-48-23-11-10-22-47(48)55-49-24-12-13-25-54(49)66-58(55)57(56)65-52-35-44-20-8-6-18-42(44)33-50(52)51-34-43-19-7-9-21-45(43)36-53(51)65/h1-36H. The van der Waals surface area contributed by atoms with Crippen LogP contribution in [-0.2, 0) is 0 Å². The molecule has 0 aliphatic carbocycles. The van der Waals surface area contributed by atoms with Gasteiger partial charge in [0.05, 0.1) is 16.6 Å². The quantitative estimate of drug-likeness (QED) is 0.173. The molecule has 0 fully saturated rings. The highest BCUT2D eigenvalue weighted by Gasteiger charge is 2.28. The molecule has 0 saturated carbocycles. The molecule has 0 amide bonds. The molecule has 0 aliphatic rings. The maximum absolute atomic E-state index is 7.19. The molecule has 0 saturated heterocycles. The molecule has 0 unspecified atom stereocenters. The second-order valence-corrected chi connectivity index (χ2v) is 17.2. The van der Waals surface area contributed by atoms with Crippen molar-refractivity contribution in [1.29, 1.82) is 0 Å². The maximum Gasteiger partial charge on any atom is 0.166 e. The lowest BCUT2D eigenvalue weighted by Gasteiger charge is -2.18. The first kappa shape index (κ1) is 36.5. The van der Waals surface area contributed by atoms with Gasteiger partial charge in [-0.2, -0.15) is 0 Å². The van der Waals surface area contributed by atoms with Crippen LogP contribution in [0.4, 0.5) is 0 Å². The van der Waals surface area contributed by atoms with E-state index >= 15 is 0 Å². The number of rotatable bonds is 5. The van der Waals surface area contributed by atoms with Gasteiger partial charge in [-0.15, -0.1) is 0 Å². The minimum atomic E-state index is 0.556. The van der Waals surface area contributed by atoms with Crippen LogP contribution in [0.1, 0.15) is 0 Å². The third kappa shape index (κ3) is 5.63. The largest absolute Gasteiger partial charge is 0.454 e. The van der Waals surface area contributed by atoms with Crippen molar-refractivity contribution in [3.8, 4) is 51.0 Å². The molecular formula is C61H36N4O. The van der Waals surface area contributed by atoms with Gasteiger partial charge in [-0.25, -0.2) is 15.0 Å². The lowest BCUT2D eigenvalue weighted by molar-refractivity contribution is 0.667. The molecule has 0 radical (unpaired) electrons. The molecular weight excluding hydrogens is 805 g/mol. The van der Waals surface area contributed by atoms with Crippen LogP contribution in [0.25, 0.3) is 138 Å². The average molecular weight is 841 g/mol. The van der Waals surface area contributed by atoms with Gasteiger partial charge in [0.15, 0.2) is 23.1 Å². The lowest BCUT2D eigenvalue weighted by Crippen LogP contribution is -2.05. The zero-order valence-electron chi connectivity index (χ0n) is 35.5. The zero-order valence-corrected chi connectivity index (χ0v) is 35.5. The van der Waals surface area contributed by atoms with Crippen molar-refractivity contribution < 1.29 is 4.42 Å². The molecule has 0 spiro atoms. The fraction of sp³-hybridized carbons (Fsp3) is 0. The molecule has 11 aromatic carbocycles. The molecule has 3 aromatic heterocycles. The predicted molar refractivity (Wildman–Crippen MR) is 273 cm³/mol. The highest BCUT2D eigenvalue weighted by Crippen LogP contribution is 2.48. The predicted octanol–water partition coefficient (Wildman–Crippen LogP) is 16.1. The van der Waals surface area contributed by atoms with Crippen molar-refractivity contribution in [1.82, 2.24) is 19.5 Å². The van der Waals surface area contributed by atoms with Gasteiger partial charge in [-0.05, 0) is 90.6 Å². The number of hydrogen-bond donors (Lipinski definition) is 0. The van der Waals surface area contributed by atoms with Crippen molar-refractivity contribution in [3.05, 3.63) is 218 Å². The van der Waals surface area contributed by atoms with E-state index in [9.17, 15) is 0 Å². The normalized spacial score (nSPS) is 11.9. The van der Waals surface area contributed by atoms with E-state index in [-0.39, 0.29) is 0 Å².